The predicted molar refractivity (Wildman–Crippen MR) is 152 cm³/mol. The Bertz CT molecular complexity index is 1660. The molecular weight excluding hydrogens is 488 g/mol. The second-order valence-electron chi connectivity index (χ2n) is 8.93. The Morgan fingerprint density at radius 1 is 0.795 bits per heavy atom. The molecule has 5 rings (SSSR count). The number of hydrogen-bond donors (Lipinski definition) is 1. The molecule has 0 atom stereocenters. The Morgan fingerprint density at radius 3 is 2.41 bits per heavy atom. The Kier molecular flexibility index (Phi) is 7.74. The molecule has 39 heavy (non-hydrogen) atoms. The molecule has 0 heterocycles. The normalized spacial score (nSPS) is 10.9. The van der Waals surface area contributed by atoms with E-state index in [1.165, 1.54) is 6.21 Å². The zero-order valence-corrected chi connectivity index (χ0v) is 21.3. The molecule has 6 heteroatoms. The lowest BCUT2D eigenvalue weighted by Gasteiger charge is -2.12. The van der Waals surface area contributed by atoms with E-state index in [-0.39, 0.29) is 0 Å². The number of aryl methyl sites for hydroxylation is 1. The lowest BCUT2D eigenvalue weighted by molar-refractivity contribution is 0.0734. The number of benzene rings is 5. The summed E-state index contributed by atoms with van der Waals surface area (Å²) in [7, 11) is 0. The largest absolute Gasteiger partial charge is 0.488 e. The summed E-state index contributed by atoms with van der Waals surface area (Å²) in [6, 6.07) is 35.2. The minimum absolute atomic E-state index is 0.333. The molecule has 5 aromatic rings. The van der Waals surface area contributed by atoms with Crippen LogP contribution in [0.3, 0.4) is 0 Å². The van der Waals surface area contributed by atoms with Gasteiger partial charge in [-0.15, -0.1) is 0 Å². The minimum atomic E-state index is -0.475. The summed E-state index contributed by atoms with van der Waals surface area (Å²) >= 11 is 0. The highest BCUT2D eigenvalue weighted by Crippen LogP contribution is 2.28. The van der Waals surface area contributed by atoms with Crippen LogP contribution in [0.5, 0.6) is 11.5 Å². The van der Waals surface area contributed by atoms with Crippen LogP contribution in [0.25, 0.3) is 10.8 Å². The Balaban J connectivity index is 1.37. The standard InChI is InChI=1S/C33H26N2O4/c1-23-10-9-14-26(20-23)33(37)39-31-19-18-25-13-5-6-15-27(25)29(31)21-34-35-32(36)28-16-7-8-17-30(28)38-22-24-11-3-2-4-12-24/h2-21H,22H2,1H3,(H,35,36). The summed E-state index contributed by atoms with van der Waals surface area (Å²) in [5.74, 6) is -0.109. The zero-order chi connectivity index (χ0) is 27.0. The average molecular weight is 515 g/mol. The van der Waals surface area contributed by atoms with Crippen LogP contribution in [0.4, 0.5) is 0 Å². The van der Waals surface area contributed by atoms with E-state index in [1.807, 2.05) is 85.8 Å². The van der Waals surface area contributed by atoms with E-state index in [9.17, 15) is 9.59 Å². The van der Waals surface area contributed by atoms with Crippen molar-refractivity contribution in [2.75, 3.05) is 0 Å². The van der Waals surface area contributed by atoms with Crippen molar-refractivity contribution >= 4 is 28.9 Å². The highest BCUT2D eigenvalue weighted by molar-refractivity contribution is 6.04. The SMILES string of the molecule is Cc1cccc(C(=O)Oc2ccc3ccccc3c2C=NNC(=O)c2ccccc2OCc2ccccc2)c1. The van der Waals surface area contributed by atoms with Gasteiger partial charge in [-0.3, -0.25) is 4.79 Å². The molecule has 0 aliphatic carbocycles. The van der Waals surface area contributed by atoms with E-state index >= 15 is 0 Å². The highest BCUT2D eigenvalue weighted by Gasteiger charge is 2.15. The van der Waals surface area contributed by atoms with E-state index in [0.29, 0.717) is 34.8 Å². The van der Waals surface area contributed by atoms with Crippen LogP contribution in [0.1, 0.15) is 37.4 Å². The summed E-state index contributed by atoms with van der Waals surface area (Å²) < 4.78 is 11.7. The van der Waals surface area contributed by atoms with Crippen LogP contribution in [-0.2, 0) is 6.61 Å². The number of hydrazone groups is 1. The molecule has 5 aromatic carbocycles. The first-order chi connectivity index (χ1) is 19.1. The number of amides is 1. The Hall–Kier alpha value is -5.23. The van der Waals surface area contributed by atoms with Gasteiger partial charge in [0.1, 0.15) is 18.1 Å². The number of para-hydroxylation sites is 1. The van der Waals surface area contributed by atoms with Crippen LogP contribution in [0.15, 0.2) is 120 Å². The van der Waals surface area contributed by atoms with Crippen molar-refractivity contribution in [2.45, 2.75) is 13.5 Å². The van der Waals surface area contributed by atoms with E-state index in [4.69, 9.17) is 9.47 Å². The molecule has 0 aliphatic heterocycles. The van der Waals surface area contributed by atoms with Gasteiger partial charge in [-0.1, -0.05) is 90.5 Å². The van der Waals surface area contributed by atoms with Gasteiger partial charge in [0, 0.05) is 5.56 Å². The second-order valence-corrected chi connectivity index (χ2v) is 8.93. The monoisotopic (exact) mass is 514 g/mol. The third kappa shape index (κ3) is 6.19. The fourth-order valence-electron chi connectivity index (χ4n) is 4.16. The molecule has 0 saturated carbocycles. The first-order valence-corrected chi connectivity index (χ1v) is 12.5. The molecule has 0 radical (unpaired) electrons. The maximum absolute atomic E-state index is 13.0. The number of esters is 1. The molecule has 0 saturated heterocycles. The second kappa shape index (κ2) is 11.9. The van der Waals surface area contributed by atoms with Gasteiger partial charge in [0.05, 0.1) is 17.3 Å². The van der Waals surface area contributed by atoms with Gasteiger partial charge in [0.25, 0.3) is 5.91 Å². The van der Waals surface area contributed by atoms with Crippen LogP contribution in [0, 0.1) is 6.92 Å². The maximum Gasteiger partial charge on any atom is 0.343 e. The lowest BCUT2D eigenvalue weighted by Crippen LogP contribution is -2.19. The van der Waals surface area contributed by atoms with Crippen molar-refractivity contribution < 1.29 is 19.1 Å². The van der Waals surface area contributed by atoms with Gasteiger partial charge in [-0.2, -0.15) is 5.10 Å². The molecule has 0 spiro atoms. The summed E-state index contributed by atoms with van der Waals surface area (Å²) in [5.41, 5.74) is 5.91. The van der Waals surface area contributed by atoms with Crippen molar-refractivity contribution in [3.63, 3.8) is 0 Å². The number of fused-ring (bicyclic) bond motifs is 1. The van der Waals surface area contributed by atoms with Crippen molar-refractivity contribution in [1.29, 1.82) is 0 Å². The highest BCUT2D eigenvalue weighted by atomic mass is 16.5. The van der Waals surface area contributed by atoms with E-state index in [2.05, 4.69) is 10.5 Å². The molecule has 0 fully saturated rings. The number of carbonyl (C=O) groups is 2. The van der Waals surface area contributed by atoms with E-state index in [1.54, 1.807) is 36.4 Å². The quantitative estimate of drug-likeness (QED) is 0.108. The van der Waals surface area contributed by atoms with Gasteiger partial charge in [0.15, 0.2) is 0 Å². The van der Waals surface area contributed by atoms with Crippen molar-refractivity contribution in [2.24, 2.45) is 5.10 Å². The molecule has 192 valence electrons. The molecule has 0 bridgehead atoms. The fraction of sp³-hybridized carbons (Fsp3) is 0.0606. The number of ether oxygens (including phenoxy) is 2. The zero-order valence-electron chi connectivity index (χ0n) is 21.3. The van der Waals surface area contributed by atoms with Crippen LogP contribution in [0.2, 0.25) is 0 Å². The van der Waals surface area contributed by atoms with Crippen molar-refractivity contribution in [1.82, 2.24) is 5.43 Å². The third-order valence-corrected chi connectivity index (χ3v) is 6.12. The van der Waals surface area contributed by atoms with Gasteiger partial charge in [-0.05, 0) is 53.6 Å². The van der Waals surface area contributed by atoms with E-state index < -0.39 is 11.9 Å². The van der Waals surface area contributed by atoms with E-state index in [0.717, 1.165) is 21.9 Å². The summed E-state index contributed by atoms with van der Waals surface area (Å²) in [4.78, 5) is 25.9. The van der Waals surface area contributed by atoms with Gasteiger partial charge in [0.2, 0.25) is 0 Å². The number of rotatable bonds is 8. The molecule has 0 aromatic heterocycles. The molecule has 0 unspecified atom stereocenters. The summed E-state index contributed by atoms with van der Waals surface area (Å²) in [5, 5.41) is 5.99. The first-order valence-electron chi connectivity index (χ1n) is 12.5. The Labute approximate surface area is 226 Å². The molecular formula is C33H26N2O4. The van der Waals surface area contributed by atoms with Crippen LogP contribution < -0.4 is 14.9 Å². The first kappa shape index (κ1) is 25.4. The molecule has 1 N–H and O–H groups in total. The number of nitrogens with one attached hydrogen (secondary N) is 1. The molecule has 0 aliphatic rings. The number of carbonyl (C=O) groups excluding carboxylic acids is 2. The van der Waals surface area contributed by atoms with Crippen LogP contribution in [-0.4, -0.2) is 18.1 Å². The third-order valence-electron chi connectivity index (χ3n) is 6.12. The van der Waals surface area contributed by atoms with Crippen LogP contribution >= 0.6 is 0 Å². The smallest absolute Gasteiger partial charge is 0.343 e. The van der Waals surface area contributed by atoms with Crippen molar-refractivity contribution in [3.8, 4) is 11.5 Å². The minimum Gasteiger partial charge on any atom is -0.488 e. The Morgan fingerprint density at radius 2 is 1.56 bits per heavy atom. The lowest BCUT2D eigenvalue weighted by atomic mass is 10.0. The number of hydrogen-bond acceptors (Lipinski definition) is 5. The average Bonchev–Trinajstić information content (AvgIpc) is 2.97. The maximum atomic E-state index is 13.0. The molecule has 6 nitrogen and oxygen atoms in total. The van der Waals surface area contributed by atoms with Gasteiger partial charge >= 0.3 is 5.97 Å². The van der Waals surface area contributed by atoms with Crippen molar-refractivity contribution in [3.05, 3.63) is 143 Å². The molecule has 1 amide bonds. The summed E-state index contributed by atoms with van der Waals surface area (Å²) in [6.45, 7) is 2.25. The fourth-order valence-corrected chi connectivity index (χ4v) is 4.16. The predicted octanol–water partition coefficient (Wildman–Crippen LogP) is 6.71. The summed E-state index contributed by atoms with van der Waals surface area (Å²) in [6.07, 6.45) is 1.49. The topological polar surface area (TPSA) is 77.0 Å². The van der Waals surface area contributed by atoms with Gasteiger partial charge in [-0.25, -0.2) is 10.2 Å². The van der Waals surface area contributed by atoms with Gasteiger partial charge < -0.3 is 9.47 Å². The number of nitrogens with zero attached hydrogens (tertiary/aromatic N) is 1.